The van der Waals surface area contributed by atoms with E-state index in [0.29, 0.717) is 39.6 Å². The van der Waals surface area contributed by atoms with Crippen molar-refractivity contribution >= 4 is 23.2 Å². The summed E-state index contributed by atoms with van der Waals surface area (Å²) in [5, 5.41) is 4.96. The molecular weight excluding hydrogens is 399 g/mol. The van der Waals surface area contributed by atoms with Crippen molar-refractivity contribution in [1.29, 1.82) is 0 Å². The minimum atomic E-state index is 0.263. The molecule has 2 aromatic heterocycles. The van der Waals surface area contributed by atoms with Crippen molar-refractivity contribution < 1.29 is 13.7 Å². The lowest BCUT2D eigenvalue weighted by Gasteiger charge is -2.08. The van der Waals surface area contributed by atoms with Crippen molar-refractivity contribution in [3.05, 3.63) is 75.5 Å². The van der Waals surface area contributed by atoms with Gasteiger partial charge in [0.25, 0.3) is 5.89 Å². The van der Waals surface area contributed by atoms with Crippen molar-refractivity contribution in [3.8, 4) is 28.8 Å². The van der Waals surface area contributed by atoms with Crippen LogP contribution in [0.5, 0.6) is 5.75 Å². The molecule has 0 spiro atoms. The van der Waals surface area contributed by atoms with Crippen molar-refractivity contribution in [1.82, 2.24) is 10.1 Å². The summed E-state index contributed by atoms with van der Waals surface area (Å²) in [5.74, 6) is 2.57. The smallest absolute Gasteiger partial charge is 0.293 e. The maximum Gasteiger partial charge on any atom is 0.293 e. The van der Waals surface area contributed by atoms with Crippen molar-refractivity contribution in [2.75, 3.05) is 0 Å². The molecule has 5 nitrogen and oxygen atoms in total. The summed E-state index contributed by atoms with van der Waals surface area (Å²) >= 11 is 12.1. The number of aromatic nitrogens is 2. The minimum absolute atomic E-state index is 0.263. The number of rotatable bonds is 5. The normalized spacial score (nSPS) is 11.0. The second-order valence-electron chi connectivity index (χ2n) is 6.37. The highest BCUT2D eigenvalue weighted by atomic mass is 35.5. The van der Waals surface area contributed by atoms with Crippen LogP contribution in [0.2, 0.25) is 10.0 Å². The van der Waals surface area contributed by atoms with Crippen LogP contribution in [0.15, 0.2) is 57.5 Å². The number of nitrogens with zero attached hydrogens (tertiary/aromatic N) is 2. The fraction of sp³-hybridized carbons (Fsp3) is 0.143. The van der Waals surface area contributed by atoms with Gasteiger partial charge in [-0.15, -0.1) is 0 Å². The van der Waals surface area contributed by atoms with Gasteiger partial charge in [0.2, 0.25) is 5.82 Å². The molecule has 2 heterocycles. The summed E-state index contributed by atoms with van der Waals surface area (Å²) in [6.07, 6.45) is 0. The van der Waals surface area contributed by atoms with Gasteiger partial charge in [-0.25, -0.2) is 0 Å². The van der Waals surface area contributed by atoms with E-state index < -0.39 is 0 Å². The Morgan fingerprint density at radius 3 is 2.68 bits per heavy atom. The van der Waals surface area contributed by atoms with Gasteiger partial charge in [-0.3, -0.25) is 0 Å². The average Bonchev–Trinajstić information content (AvgIpc) is 3.32. The highest BCUT2D eigenvalue weighted by molar-refractivity contribution is 6.36. The van der Waals surface area contributed by atoms with Crippen LogP contribution < -0.4 is 4.74 Å². The Balaban J connectivity index is 1.50. The molecule has 0 N–H and O–H groups in total. The van der Waals surface area contributed by atoms with Crippen molar-refractivity contribution in [2.45, 2.75) is 20.5 Å². The standard InChI is InChI=1S/C21H16Cl2N2O3/c1-12-3-4-13(2)19(9-12)26-11-15-6-8-18(27-15)21-24-20(25-28-21)16-7-5-14(22)10-17(16)23/h3-10H,11H2,1-2H3. The lowest BCUT2D eigenvalue weighted by molar-refractivity contribution is 0.268. The molecule has 0 fully saturated rings. The molecule has 0 atom stereocenters. The Morgan fingerprint density at radius 2 is 1.86 bits per heavy atom. The molecule has 0 radical (unpaired) electrons. The van der Waals surface area contributed by atoms with Gasteiger partial charge in [-0.1, -0.05) is 40.5 Å². The molecule has 0 bridgehead atoms. The van der Waals surface area contributed by atoms with Gasteiger partial charge < -0.3 is 13.7 Å². The van der Waals surface area contributed by atoms with Gasteiger partial charge in [0, 0.05) is 10.6 Å². The lowest BCUT2D eigenvalue weighted by Crippen LogP contribution is -1.96. The summed E-state index contributed by atoms with van der Waals surface area (Å²) < 4.78 is 17.0. The van der Waals surface area contributed by atoms with E-state index in [1.54, 1.807) is 24.3 Å². The third-order valence-electron chi connectivity index (χ3n) is 4.18. The lowest BCUT2D eigenvalue weighted by atomic mass is 10.1. The number of hydrogen-bond donors (Lipinski definition) is 0. The van der Waals surface area contributed by atoms with Crippen LogP contribution in [-0.4, -0.2) is 10.1 Å². The predicted molar refractivity (Wildman–Crippen MR) is 108 cm³/mol. The predicted octanol–water partition coefficient (Wildman–Crippen LogP) is 6.50. The molecule has 0 aliphatic carbocycles. The molecule has 0 unspecified atom stereocenters. The van der Waals surface area contributed by atoms with Crippen LogP contribution in [0, 0.1) is 13.8 Å². The Hall–Kier alpha value is -2.76. The summed E-state index contributed by atoms with van der Waals surface area (Å²) in [6.45, 7) is 4.33. The van der Waals surface area contributed by atoms with E-state index in [9.17, 15) is 0 Å². The van der Waals surface area contributed by atoms with E-state index in [4.69, 9.17) is 36.9 Å². The molecule has 0 saturated heterocycles. The molecule has 4 rings (SSSR count). The number of ether oxygens (including phenoxy) is 1. The summed E-state index contributed by atoms with van der Waals surface area (Å²) in [7, 11) is 0. The van der Waals surface area contributed by atoms with Crippen LogP contribution in [0.25, 0.3) is 23.0 Å². The molecule has 7 heteroatoms. The number of halogens is 2. The fourth-order valence-corrected chi connectivity index (χ4v) is 3.18. The zero-order valence-corrected chi connectivity index (χ0v) is 16.7. The number of hydrogen-bond acceptors (Lipinski definition) is 5. The molecule has 0 aliphatic heterocycles. The highest BCUT2D eigenvalue weighted by Crippen LogP contribution is 2.30. The van der Waals surface area contributed by atoms with Crippen molar-refractivity contribution in [3.63, 3.8) is 0 Å². The van der Waals surface area contributed by atoms with Gasteiger partial charge >= 0.3 is 0 Å². The first kappa shape index (κ1) is 18.6. The summed E-state index contributed by atoms with van der Waals surface area (Å²) in [4.78, 5) is 4.36. The number of benzene rings is 2. The maximum atomic E-state index is 6.20. The van der Waals surface area contributed by atoms with Crippen LogP contribution in [0.4, 0.5) is 0 Å². The SMILES string of the molecule is Cc1ccc(C)c(OCc2ccc(-c3nc(-c4ccc(Cl)cc4Cl)no3)o2)c1. The topological polar surface area (TPSA) is 61.3 Å². The van der Waals surface area contributed by atoms with Gasteiger partial charge in [0.05, 0.1) is 5.02 Å². The van der Waals surface area contributed by atoms with Gasteiger partial charge in [0.15, 0.2) is 5.76 Å². The van der Waals surface area contributed by atoms with Crippen LogP contribution in [0.1, 0.15) is 16.9 Å². The summed E-state index contributed by atoms with van der Waals surface area (Å²) in [5.41, 5.74) is 2.84. The average molecular weight is 415 g/mol. The van der Waals surface area contributed by atoms with Gasteiger partial charge in [0.1, 0.15) is 18.1 Å². The zero-order chi connectivity index (χ0) is 19.7. The van der Waals surface area contributed by atoms with E-state index in [0.717, 1.165) is 16.9 Å². The third-order valence-corrected chi connectivity index (χ3v) is 4.73. The highest BCUT2D eigenvalue weighted by Gasteiger charge is 2.16. The Bertz CT molecular complexity index is 1130. The molecular formula is C21H16Cl2N2O3. The fourth-order valence-electron chi connectivity index (χ4n) is 2.69. The first-order valence-corrected chi connectivity index (χ1v) is 9.33. The monoisotopic (exact) mass is 414 g/mol. The Morgan fingerprint density at radius 1 is 1.00 bits per heavy atom. The second-order valence-corrected chi connectivity index (χ2v) is 7.21. The Labute approximate surface area is 171 Å². The van der Waals surface area contributed by atoms with E-state index >= 15 is 0 Å². The number of furan rings is 1. The molecule has 28 heavy (non-hydrogen) atoms. The largest absolute Gasteiger partial charge is 0.485 e. The minimum Gasteiger partial charge on any atom is -0.485 e. The van der Waals surface area contributed by atoms with Crippen LogP contribution in [0.3, 0.4) is 0 Å². The summed E-state index contributed by atoms with van der Waals surface area (Å²) in [6, 6.07) is 14.7. The molecule has 142 valence electrons. The van der Waals surface area contributed by atoms with E-state index in [2.05, 4.69) is 10.1 Å². The molecule has 2 aromatic carbocycles. The maximum absolute atomic E-state index is 6.20. The van der Waals surface area contributed by atoms with Crippen molar-refractivity contribution in [2.24, 2.45) is 0 Å². The first-order valence-electron chi connectivity index (χ1n) is 8.58. The quantitative estimate of drug-likeness (QED) is 0.372. The molecule has 0 saturated carbocycles. The first-order chi connectivity index (χ1) is 13.5. The molecule has 0 amide bonds. The van der Waals surface area contributed by atoms with Crippen LogP contribution in [-0.2, 0) is 6.61 Å². The van der Waals surface area contributed by atoms with Crippen LogP contribution >= 0.6 is 23.2 Å². The molecule has 0 aliphatic rings. The van der Waals surface area contributed by atoms with Gasteiger partial charge in [-0.2, -0.15) is 4.98 Å². The molecule has 4 aromatic rings. The Kier molecular flexibility index (Phi) is 5.11. The zero-order valence-electron chi connectivity index (χ0n) is 15.2. The van der Waals surface area contributed by atoms with Gasteiger partial charge in [-0.05, 0) is 61.4 Å². The van der Waals surface area contributed by atoms with E-state index in [1.165, 1.54) is 0 Å². The van der Waals surface area contributed by atoms with E-state index in [-0.39, 0.29) is 5.89 Å². The van der Waals surface area contributed by atoms with E-state index in [1.807, 2.05) is 38.1 Å². The number of aryl methyl sites for hydroxylation is 2. The second kappa shape index (κ2) is 7.70. The third kappa shape index (κ3) is 3.91.